The number of amides is 2. The van der Waals surface area contributed by atoms with E-state index in [9.17, 15) is 9.59 Å². The molecular weight excluding hydrogens is 262 g/mol. The number of nitrogens with one attached hydrogen (secondary N) is 1. The van der Waals surface area contributed by atoms with Gasteiger partial charge in [-0.2, -0.15) is 0 Å². The Labute approximate surface area is 124 Å². The highest BCUT2D eigenvalue weighted by molar-refractivity contribution is 6.14. The minimum absolute atomic E-state index is 0.236. The van der Waals surface area contributed by atoms with Gasteiger partial charge < -0.3 is 0 Å². The van der Waals surface area contributed by atoms with Gasteiger partial charge in [-0.3, -0.25) is 14.9 Å². The summed E-state index contributed by atoms with van der Waals surface area (Å²) in [6.45, 7) is 3.65. The van der Waals surface area contributed by atoms with Crippen LogP contribution < -0.4 is 5.32 Å². The lowest BCUT2D eigenvalue weighted by Gasteiger charge is -2.37. The normalized spacial score (nSPS) is 19.3. The molecule has 3 heteroatoms. The van der Waals surface area contributed by atoms with Crippen molar-refractivity contribution >= 4 is 11.8 Å². The Morgan fingerprint density at radius 1 is 0.714 bits per heavy atom. The molecule has 2 aromatic rings. The van der Waals surface area contributed by atoms with E-state index in [-0.39, 0.29) is 11.8 Å². The Hall–Kier alpha value is -2.42. The predicted molar refractivity (Wildman–Crippen MR) is 80.6 cm³/mol. The fraction of sp³-hybridized carbons (Fsp3) is 0.222. The molecule has 106 valence electrons. The summed E-state index contributed by atoms with van der Waals surface area (Å²) in [7, 11) is 0. The Kier molecular flexibility index (Phi) is 2.94. The van der Waals surface area contributed by atoms with Crippen LogP contribution in [0.4, 0.5) is 0 Å². The Balaban J connectivity index is 2.37. The van der Waals surface area contributed by atoms with Gasteiger partial charge >= 0.3 is 0 Å². The minimum Gasteiger partial charge on any atom is -0.295 e. The highest BCUT2D eigenvalue weighted by Gasteiger charge is 2.62. The van der Waals surface area contributed by atoms with Crippen LogP contribution in [0.2, 0.25) is 0 Å². The molecule has 0 unspecified atom stereocenters. The van der Waals surface area contributed by atoms with Gasteiger partial charge in [0.1, 0.15) is 5.41 Å². The number of rotatable bonds is 2. The fourth-order valence-electron chi connectivity index (χ4n) is 3.33. The first-order chi connectivity index (χ1) is 10.0. The highest BCUT2D eigenvalue weighted by atomic mass is 16.2. The van der Waals surface area contributed by atoms with Crippen molar-refractivity contribution < 1.29 is 9.59 Å². The summed E-state index contributed by atoms with van der Waals surface area (Å²) < 4.78 is 0. The summed E-state index contributed by atoms with van der Waals surface area (Å²) in [4.78, 5) is 25.1. The van der Waals surface area contributed by atoms with Crippen LogP contribution in [0, 0.1) is 5.41 Å². The molecule has 1 aliphatic heterocycles. The maximum absolute atomic E-state index is 12.8. The van der Waals surface area contributed by atoms with Gasteiger partial charge in [-0.25, -0.2) is 0 Å². The molecule has 3 rings (SSSR count). The average Bonchev–Trinajstić information content (AvgIpc) is 2.67. The monoisotopic (exact) mass is 279 g/mol. The largest absolute Gasteiger partial charge is 0.295 e. The highest BCUT2D eigenvalue weighted by Crippen LogP contribution is 2.50. The topological polar surface area (TPSA) is 46.2 Å². The Morgan fingerprint density at radius 2 is 1.14 bits per heavy atom. The second kappa shape index (κ2) is 4.55. The Bertz CT molecular complexity index is 650. The third-order valence-corrected chi connectivity index (χ3v) is 4.49. The van der Waals surface area contributed by atoms with Crippen molar-refractivity contribution in [3.05, 3.63) is 71.8 Å². The maximum atomic E-state index is 12.8. The van der Waals surface area contributed by atoms with Crippen LogP contribution in [0.3, 0.4) is 0 Å². The quantitative estimate of drug-likeness (QED) is 0.859. The number of carbonyl (C=O) groups is 2. The predicted octanol–water partition coefficient (Wildman–Crippen LogP) is 2.66. The van der Waals surface area contributed by atoms with Gasteiger partial charge in [-0.1, -0.05) is 60.7 Å². The Morgan fingerprint density at radius 3 is 1.48 bits per heavy atom. The van der Waals surface area contributed by atoms with Crippen molar-refractivity contribution in [3.63, 3.8) is 0 Å². The van der Waals surface area contributed by atoms with Gasteiger partial charge in [0, 0.05) is 0 Å². The second-order valence-electron chi connectivity index (χ2n) is 5.89. The number of imide groups is 1. The zero-order chi connectivity index (χ0) is 15.1. The smallest absolute Gasteiger partial charge is 0.242 e. The van der Waals surface area contributed by atoms with E-state index in [1.807, 2.05) is 74.5 Å². The zero-order valence-electron chi connectivity index (χ0n) is 12.1. The van der Waals surface area contributed by atoms with E-state index in [0.717, 1.165) is 11.1 Å². The lowest BCUT2D eigenvalue weighted by molar-refractivity contribution is -0.127. The SMILES string of the molecule is CC1(C)C(=O)NC(=O)C1(c1ccccc1)c1ccccc1. The van der Waals surface area contributed by atoms with Crippen LogP contribution in [0.15, 0.2) is 60.7 Å². The van der Waals surface area contributed by atoms with E-state index in [1.165, 1.54) is 0 Å². The van der Waals surface area contributed by atoms with Crippen molar-refractivity contribution in [1.29, 1.82) is 0 Å². The van der Waals surface area contributed by atoms with Gasteiger partial charge in [0.15, 0.2) is 0 Å². The first-order valence-electron chi connectivity index (χ1n) is 6.98. The average molecular weight is 279 g/mol. The van der Waals surface area contributed by atoms with E-state index in [0.29, 0.717) is 0 Å². The first-order valence-corrected chi connectivity index (χ1v) is 6.98. The molecule has 21 heavy (non-hydrogen) atoms. The molecule has 2 aromatic carbocycles. The molecule has 1 N–H and O–H groups in total. The summed E-state index contributed by atoms with van der Waals surface area (Å²) in [5.74, 6) is -0.491. The molecule has 0 aliphatic carbocycles. The van der Waals surface area contributed by atoms with Crippen molar-refractivity contribution in [2.45, 2.75) is 19.3 Å². The van der Waals surface area contributed by atoms with Gasteiger partial charge in [0.05, 0.1) is 5.41 Å². The van der Waals surface area contributed by atoms with Crippen molar-refractivity contribution in [2.75, 3.05) is 0 Å². The van der Waals surface area contributed by atoms with Crippen LogP contribution in [-0.2, 0) is 15.0 Å². The van der Waals surface area contributed by atoms with E-state index < -0.39 is 10.8 Å². The summed E-state index contributed by atoms with van der Waals surface area (Å²) in [6, 6.07) is 19.0. The second-order valence-corrected chi connectivity index (χ2v) is 5.89. The zero-order valence-corrected chi connectivity index (χ0v) is 12.1. The van der Waals surface area contributed by atoms with E-state index in [2.05, 4.69) is 5.32 Å². The van der Waals surface area contributed by atoms with E-state index in [1.54, 1.807) is 0 Å². The van der Waals surface area contributed by atoms with Gasteiger partial charge in [0.2, 0.25) is 11.8 Å². The molecule has 1 saturated heterocycles. The molecule has 1 fully saturated rings. The lowest BCUT2D eigenvalue weighted by Crippen LogP contribution is -2.46. The molecule has 0 aromatic heterocycles. The van der Waals surface area contributed by atoms with Crippen molar-refractivity contribution in [1.82, 2.24) is 5.32 Å². The number of carbonyl (C=O) groups excluding carboxylic acids is 2. The molecule has 0 bridgehead atoms. The lowest BCUT2D eigenvalue weighted by atomic mass is 9.59. The number of hydrogen-bond acceptors (Lipinski definition) is 2. The molecule has 0 saturated carbocycles. The molecule has 0 atom stereocenters. The van der Waals surface area contributed by atoms with Gasteiger partial charge in [-0.15, -0.1) is 0 Å². The van der Waals surface area contributed by atoms with Crippen LogP contribution in [0.1, 0.15) is 25.0 Å². The van der Waals surface area contributed by atoms with Crippen molar-refractivity contribution in [3.8, 4) is 0 Å². The standard InChI is InChI=1S/C18H17NO2/c1-17(2)15(20)19-16(21)18(17,13-9-5-3-6-10-13)14-11-7-4-8-12-14/h3-12H,1-2H3,(H,19,20,21). The molecule has 1 heterocycles. The number of hydrogen-bond donors (Lipinski definition) is 1. The number of benzene rings is 2. The molecule has 1 aliphatic rings. The fourth-order valence-corrected chi connectivity index (χ4v) is 3.33. The van der Waals surface area contributed by atoms with Crippen LogP contribution >= 0.6 is 0 Å². The summed E-state index contributed by atoms with van der Waals surface area (Å²) in [5, 5.41) is 2.52. The van der Waals surface area contributed by atoms with Crippen molar-refractivity contribution in [2.24, 2.45) is 5.41 Å². The maximum Gasteiger partial charge on any atom is 0.242 e. The summed E-state index contributed by atoms with van der Waals surface area (Å²) in [6.07, 6.45) is 0. The summed E-state index contributed by atoms with van der Waals surface area (Å²) >= 11 is 0. The first kappa shape index (κ1) is 13.6. The minimum atomic E-state index is -0.993. The molecule has 0 radical (unpaired) electrons. The van der Waals surface area contributed by atoms with E-state index >= 15 is 0 Å². The molecule has 3 nitrogen and oxygen atoms in total. The van der Waals surface area contributed by atoms with Gasteiger partial charge in [0.25, 0.3) is 0 Å². The molecule has 0 spiro atoms. The summed E-state index contributed by atoms with van der Waals surface area (Å²) in [5.41, 5.74) is -0.173. The van der Waals surface area contributed by atoms with Crippen LogP contribution in [0.5, 0.6) is 0 Å². The third kappa shape index (κ3) is 1.67. The third-order valence-electron chi connectivity index (χ3n) is 4.49. The molecular formula is C18H17NO2. The van der Waals surface area contributed by atoms with Gasteiger partial charge in [-0.05, 0) is 25.0 Å². The van der Waals surface area contributed by atoms with E-state index in [4.69, 9.17) is 0 Å². The molecule has 2 amide bonds. The van der Waals surface area contributed by atoms with Crippen LogP contribution in [0.25, 0.3) is 0 Å². The van der Waals surface area contributed by atoms with Crippen LogP contribution in [-0.4, -0.2) is 11.8 Å².